The highest BCUT2D eigenvalue weighted by Crippen LogP contribution is 2.32. The van der Waals surface area contributed by atoms with Gasteiger partial charge in [0.25, 0.3) is 0 Å². The Morgan fingerprint density at radius 3 is 2.59 bits per heavy atom. The van der Waals surface area contributed by atoms with Gasteiger partial charge in [0, 0.05) is 24.5 Å². The Bertz CT molecular complexity index is 347. The van der Waals surface area contributed by atoms with Gasteiger partial charge in [-0.2, -0.15) is 13.2 Å². The highest BCUT2D eigenvalue weighted by atomic mass is 19.4. The van der Waals surface area contributed by atoms with Crippen LogP contribution in [0.15, 0.2) is 18.5 Å². The molecule has 0 aromatic carbocycles. The molecule has 0 saturated carbocycles. The number of rotatable bonds is 5. The first kappa shape index (κ1) is 14.1. The number of hydrogen-bond donors (Lipinski definition) is 1. The van der Waals surface area contributed by atoms with E-state index in [-0.39, 0.29) is 5.56 Å². The summed E-state index contributed by atoms with van der Waals surface area (Å²) in [7, 11) is 3.88. The van der Waals surface area contributed by atoms with Crippen molar-refractivity contribution in [3.05, 3.63) is 24.0 Å². The van der Waals surface area contributed by atoms with Gasteiger partial charge in [-0.3, -0.25) is 0 Å². The molecule has 0 aliphatic rings. The van der Waals surface area contributed by atoms with Crippen LogP contribution in [0, 0.1) is 0 Å². The number of aromatic nitrogens is 1. The minimum atomic E-state index is -4.60. The predicted octanol–water partition coefficient (Wildman–Crippen LogP) is 2.04. The fourth-order valence-corrected chi connectivity index (χ4v) is 1.52. The van der Waals surface area contributed by atoms with Crippen LogP contribution in [0.1, 0.15) is 18.1 Å². The highest BCUT2D eigenvalue weighted by Gasteiger charge is 2.39. The average molecular weight is 250 g/mol. The molecule has 0 aliphatic heterocycles. The first-order valence-electron chi connectivity index (χ1n) is 5.36. The lowest BCUT2D eigenvalue weighted by atomic mass is 10.2. The summed E-state index contributed by atoms with van der Waals surface area (Å²) in [6.45, 7) is 1.51. The number of aliphatic hydroxyl groups is 1. The Labute approximate surface area is 98.5 Å². The van der Waals surface area contributed by atoms with E-state index in [2.05, 4.69) is 0 Å². The maximum atomic E-state index is 12.2. The van der Waals surface area contributed by atoms with Gasteiger partial charge in [0.2, 0.25) is 0 Å². The summed E-state index contributed by atoms with van der Waals surface area (Å²) < 4.78 is 38.4. The minimum Gasteiger partial charge on any atom is -0.379 e. The average Bonchev–Trinajstić information content (AvgIpc) is 2.63. The van der Waals surface area contributed by atoms with Gasteiger partial charge in [0.15, 0.2) is 6.10 Å². The number of aryl methyl sites for hydroxylation is 1. The Morgan fingerprint density at radius 1 is 1.41 bits per heavy atom. The van der Waals surface area contributed by atoms with Gasteiger partial charge in [-0.1, -0.05) is 0 Å². The van der Waals surface area contributed by atoms with Crippen molar-refractivity contribution in [2.75, 3.05) is 20.6 Å². The van der Waals surface area contributed by atoms with E-state index in [1.165, 1.54) is 12.3 Å². The van der Waals surface area contributed by atoms with E-state index in [0.29, 0.717) is 6.54 Å². The van der Waals surface area contributed by atoms with E-state index in [4.69, 9.17) is 5.11 Å². The molecule has 1 N–H and O–H groups in total. The summed E-state index contributed by atoms with van der Waals surface area (Å²) in [6.07, 6.45) is -3.25. The minimum absolute atomic E-state index is 0.109. The molecule has 1 atom stereocenters. The van der Waals surface area contributed by atoms with Crippen molar-refractivity contribution in [1.29, 1.82) is 0 Å². The van der Waals surface area contributed by atoms with Gasteiger partial charge < -0.3 is 14.6 Å². The molecule has 1 aromatic rings. The van der Waals surface area contributed by atoms with Crippen molar-refractivity contribution in [2.24, 2.45) is 0 Å². The SMILES string of the molecule is CN(C)CCCn1ccc(C(O)C(F)(F)F)c1. The molecule has 3 nitrogen and oxygen atoms in total. The first-order chi connectivity index (χ1) is 7.80. The molecule has 98 valence electrons. The number of alkyl halides is 3. The molecular formula is C11H17F3N2O. The smallest absolute Gasteiger partial charge is 0.379 e. The van der Waals surface area contributed by atoms with Gasteiger partial charge in [-0.15, -0.1) is 0 Å². The van der Waals surface area contributed by atoms with Crippen LogP contribution in [0.2, 0.25) is 0 Å². The van der Waals surface area contributed by atoms with E-state index in [9.17, 15) is 13.2 Å². The summed E-state index contributed by atoms with van der Waals surface area (Å²) in [4.78, 5) is 2.01. The van der Waals surface area contributed by atoms with Crippen LogP contribution in [0.3, 0.4) is 0 Å². The summed E-state index contributed by atoms with van der Waals surface area (Å²) in [5.41, 5.74) is -0.109. The zero-order valence-corrected chi connectivity index (χ0v) is 9.91. The summed E-state index contributed by atoms with van der Waals surface area (Å²) in [5, 5.41) is 9.04. The van der Waals surface area contributed by atoms with E-state index >= 15 is 0 Å². The normalized spacial score (nSPS) is 14.3. The van der Waals surface area contributed by atoms with Crippen LogP contribution in [0.5, 0.6) is 0 Å². The molecule has 0 radical (unpaired) electrons. The number of aliphatic hydroxyl groups excluding tert-OH is 1. The maximum absolute atomic E-state index is 12.2. The van der Waals surface area contributed by atoms with E-state index in [1.807, 2.05) is 19.0 Å². The zero-order valence-electron chi connectivity index (χ0n) is 9.91. The van der Waals surface area contributed by atoms with Crippen molar-refractivity contribution < 1.29 is 18.3 Å². The van der Waals surface area contributed by atoms with E-state index in [0.717, 1.165) is 13.0 Å². The molecule has 1 heterocycles. The molecule has 17 heavy (non-hydrogen) atoms. The molecule has 1 rings (SSSR count). The van der Waals surface area contributed by atoms with Crippen molar-refractivity contribution >= 4 is 0 Å². The van der Waals surface area contributed by atoms with Gasteiger partial charge in [-0.05, 0) is 33.1 Å². The van der Waals surface area contributed by atoms with Crippen LogP contribution in [-0.2, 0) is 6.54 Å². The fourth-order valence-electron chi connectivity index (χ4n) is 1.52. The second-order valence-electron chi connectivity index (χ2n) is 4.28. The van der Waals surface area contributed by atoms with Gasteiger partial charge >= 0.3 is 6.18 Å². The Kier molecular flexibility index (Phi) is 4.59. The molecule has 6 heteroatoms. The standard InChI is InChI=1S/C11H17F3N2O/c1-15(2)5-3-6-16-7-4-9(8-16)10(17)11(12,13)14/h4,7-8,10,17H,3,5-6H2,1-2H3. The fraction of sp³-hybridized carbons (Fsp3) is 0.636. The monoisotopic (exact) mass is 250 g/mol. The van der Waals surface area contributed by atoms with Crippen LogP contribution in [-0.4, -0.2) is 41.4 Å². The van der Waals surface area contributed by atoms with Gasteiger partial charge in [0.1, 0.15) is 0 Å². The Balaban J connectivity index is 2.54. The number of halogens is 3. The molecule has 0 amide bonds. The third-order valence-corrected chi connectivity index (χ3v) is 2.42. The van der Waals surface area contributed by atoms with E-state index < -0.39 is 12.3 Å². The largest absolute Gasteiger partial charge is 0.418 e. The predicted molar refractivity (Wildman–Crippen MR) is 58.6 cm³/mol. The van der Waals surface area contributed by atoms with Gasteiger partial charge in [-0.25, -0.2) is 0 Å². The third-order valence-electron chi connectivity index (χ3n) is 2.42. The van der Waals surface area contributed by atoms with Crippen LogP contribution < -0.4 is 0 Å². The van der Waals surface area contributed by atoms with Crippen LogP contribution in [0.25, 0.3) is 0 Å². The lowest BCUT2D eigenvalue weighted by molar-refractivity contribution is -0.206. The molecule has 0 bridgehead atoms. The molecule has 1 unspecified atom stereocenters. The van der Waals surface area contributed by atoms with Crippen molar-refractivity contribution in [2.45, 2.75) is 25.2 Å². The Morgan fingerprint density at radius 2 is 2.06 bits per heavy atom. The van der Waals surface area contributed by atoms with Crippen molar-refractivity contribution in [3.8, 4) is 0 Å². The topological polar surface area (TPSA) is 28.4 Å². The molecule has 0 spiro atoms. The highest BCUT2D eigenvalue weighted by molar-refractivity contribution is 5.15. The molecule has 0 fully saturated rings. The van der Waals surface area contributed by atoms with Crippen LogP contribution in [0.4, 0.5) is 13.2 Å². The second-order valence-corrected chi connectivity index (χ2v) is 4.28. The molecular weight excluding hydrogens is 233 g/mol. The summed E-state index contributed by atoms with van der Waals surface area (Å²) >= 11 is 0. The molecule has 1 aromatic heterocycles. The van der Waals surface area contributed by atoms with E-state index in [1.54, 1.807) is 10.8 Å². The zero-order chi connectivity index (χ0) is 13.1. The quantitative estimate of drug-likeness (QED) is 0.866. The lowest BCUT2D eigenvalue weighted by Crippen LogP contribution is -2.19. The van der Waals surface area contributed by atoms with Crippen molar-refractivity contribution in [3.63, 3.8) is 0 Å². The molecule has 0 saturated heterocycles. The number of hydrogen-bond acceptors (Lipinski definition) is 2. The molecule has 0 aliphatic carbocycles. The van der Waals surface area contributed by atoms with Crippen molar-refractivity contribution in [1.82, 2.24) is 9.47 Å². The van der Waals surface area contributed by atoms with Gasteiger partial charge in [0.05, 0.1) is 0 Å². The summed E-state index contributed by atoms with van der Waals surface area (Å²) in [6, 6.07) is 1.30. The second kappa shape index (κ2) is 5.55. The number of nitrogens with zero attached hydrogens (tertiary/aromatic N) is 2. The third kappa shape index (κ3) is 4.40. The van der Waals surface area contributed by atoms with Crippen LogP contribution >= 0.6 is 0 Å². The lowest BCUT2D eigenvalue weighted by Gasteiger charge is -2.13. The summed E-state index contributed by atoms with van der Waals surface area (Å²) in [5.74, 6) is 0. The Hall–Kier alpha value is -1.01. The first-order valence-corrected chi connectivity index (χ1v) is 5.36. The maximum Gasteiger partial charge on any atom is 0.418 e.